The summed E-state index contributed by atoms with van der Waals surface area (Å²) in [5.41, 5.74) is 3.34. The maximum absolute atomic E-state index is 12.3. The first kappa shape index (κ1) is 13.8. The summed E-state index contributed by atoms with van der Waals surface area (Å²) in [6, 6.07) is 9.26. The molecule has 1 aromatic heterocycles. The van der Waals surface area contributed by atoms with Gasteiger partial charge in [0.25, 0.3) is 0 Å². The molecule has 2 aromatic rings. The van der Waals surface area contributed by atoms with Crippen LogP contribution in [0.2, 0.25) is 5.02 Å². The molecule has 0 aliphatic heterocycles. The van der Waals surface area contributed by atoms with Gasteiger partial charge in [-0.2, -0.15) is 0 Å². The molecule has 0 amide bonds. The van der Waals surface area contributed by atoms with Gasteiger partial charge in [0.05, 0.1) is 0 Å². The summed E-state index contributed by atoms with van der Waals surface area (Å²) in [6.07, 6.45) is 3.33. The fourth-order valence-corrected chi connectivity index (χ4v) is 2.43. The van der Waals surface area contributed by atoms with Crippen LogP contribution in [0.5, 0.6) is 0 Å². The number of hydrogen-bond donors (Lipinski definition) is 0. The fourth-order valence-electron chi connectivity index (χ4n) is 2.23. The third-order valence-corrected chi connectivity index (χ3v) is 3.32. The maximum atomic E-state index is 12.3. The number of rotatable bonds is 0. The zero-order chi connectivity index (χ0) is 13.8. The van der Waals surface area contributed by atoms with Crippen molar-refractivity contribution in [2.24, 2.45) is 0 Å². The number of pyridine rings is 1. The Morgan fingerprint density at radius 3 is 2.63 bits per heavy atom. The Morgan fingerprint density at radius 2 is 1.84 bits per heavy atom. The van der Waals surface area contributed by atoms with Crippen LogP contribution < -0.4 is 0 Å². The lowest BCUT2D eigenvalue weighted by atomic mass is 10.0. The molecule has 98 valence electrons. The van der Waals surface area contributed by atoms with Crippen molar-refractivity contribution in [3.63, 3.8) is 0 Å². The van der Waals surface area contributed by atoms with Crippen LogP contribution in [0.25, 0.3) is 0 Å². The van der Waals surface area contributed by atoms with Crippen molar-refractivity contribution >= 4 is 17.4 Å². The fraction of sp³-hybridized carbons (Fsp3) is 0.250. The minimum Gasteiger partial charge on any atom is -0.287 e. The lowest BCUT2D eigenvalue weighted by molar-refractivity contribution is 0.103. The van der Waals surface area contributed by atoms with E-state index >= 15 is 0 Å². The van der Waals surface area contributed by atoms with E-state index < -0.39 is 0 Å². The van der Waals surface area contributed by atoms with Crippen LogP contribution in [0, 0.1) is 0 Å². The number of carbonyl (C=O) groups excluding carboxylic acids is 1. The molecule has 0 radical (unpaired) electrons. The van der Waals surface area contributed by atoms with Crippen LogP contribution in [0.15, 0.2) is 36.5 Å². The first-order valence-electron chi connectivity index (χ1n) is 6.53. The van der Waals surface area contributed by atoms with Crippen LogP contribution >= 0.6 is 11.6 Å². The molecule has 1 aliphatic carbocycles. The van der Waals surface area contributed by atoms with Gasteiger partial charge in [-0.1, -0.05) is 31.5 Å². The summed E-state index contributed by atoms with van der Waals surface area (Å²) in [6.45, 7) is 4.00. The molecule has 0 bridgehead atoms. The van der Waals surface area contributed by atoms with Crippen molar-refractivity contribution in [3.8, 4) is 0 Å². The lowest BCUT2D eigenvalue weighted by Gasteiger charge is -2.04. The average Bonchev–Trinajstić information content (AvgIpc) is 2.59. The summed E-state index contributed by atoms with van der Waals surface area (Å²) >= 11 is 5.96. The Bertz CT molecular complexity index is 607. The molecule has 0 fully saturated rings. The molecule has 1 heterocycles. The molecule has 3 rings (SSSR count). The number of nitrogens with zero attached hydrogens (tertiary/aromatic N) is 1. The average molecular weight is 274 g/mol. The number of aromatic nitrogens is 1. The Balaban J connectivity index is 0.000000637. The highest BCUT2D eigenvalue weighted by Crippen LogP contribution is 2.25. The van der Waals surface area contributed by atoms with E-state index in [1.807, 2.05) is 32.0 Å². The van der Waals surface area contributed by atoms with Gasteiger partial charge in [-0.3, -0.25) is 9.78 Å². The molecule has 1 aromatic carbocycles. The second-order valence-corrected chi connectivity index (χ2v) is 4.58. The molecule has 1 aliphatic rings. The SMILES string of the molecule is CC.O=C1c2ccc(Cl)cc2CCc2cccnc21. The molecule has 3 heteroatoms. The predicted octanol–water partition coefficient (Wildman–Crippen LogP) is 4.09. The highest BCUT2D eigenvalue weighted by Gasteiger charge is 2.21. The van der Waals surface area contributed by atoms with Gasteiger partial charge in [0.15, 0.2) is 0 Å². The Labute approximate surface area is 118 Å². The van der Waals surface area contributed by atoms with Gasteiger partial charge in [-0.15, -0.1) is 0 Å². The number of carbonyl (C=O) groups is 1. The minimum absolute atomic E-state index is 0.00441. The molecule has 0 spiro atoms. The third-order valence-electron chi connectivity index (χ3n) is 3.08. The number of ketones is 1. The van der Waals surface area contributed by atoms with Crippen LogP contribution in [0.1, 0.15) is 41.0 Å². The first-order valence-corrected chi connectivity index (χ1v) is 6.90. The topological polar surface area (TPSA) is 30.0 Å². The number of hydrogen-bond acceptors (Lipinski definition) is 2. The Hall–Kier alpha value is -1.67. The maximum Gasteiger partial charge on any atom is 0.211 e. The number of halogens is 1. The van der Waals surface area contributed by atoms with E-state index in [0.717, 1.165) is 29.5 Å². The predicted molar refractivity (Wildman–Crippen MR) is 77.9 cm³/mol. The molecule has 19 heavy (non-hydrogen) atoms. The summed E-state index contributed by atoms with van der Waals surface area (Å²) in [5, 5.41) is 0.676. The van der Waals surface area contributed by atoms with Crippen molar-refractivity contribution in [3.05, 3.63) is 63.9 Å². The van der Waals surface area contributed by atoms with Gasteiger partial charge < -0.3 is 0 Å². The zero-order valence-electron chi connectivity index (χ0n) is 11.1. The smallest absolute Gasteiger partial charge is 0.211 e. The van der Waals surface area contributed by atoms with Gasteiger partial charge in [-0.25, -0.2) is 0 Å². The van der Waals surface area contributed by atoms with E-state index in [1.165, 1.54) is 0 Å². The van der Waals surface area contributed by atoms with Crippen LogP contribution in [0.4, 0.5) is 0 Å². The molecule has 0 saturated heterocycles. The van der Waals surface area contributed by atoms with Gasteiger partial charge >= 0.3 is 0 Å². The van der Waals surface area contributed by atoms with Gasteiger partial charge in [0.2, 0.25) is 5.78 Å². The first-order chi connectivity index (χ1) is 9.25. The lowest BCUT2D eigenvalue weighted by Crippen LogP contribution is -2.06. The molecule has 0 N–H and O–H groups in total. The van der Waals surface area contributed by atoms with Crippen LogP contribution in [-0.2, 0) is 12.8 Å². The van der Waals surface area contributed by atoms with Crippen LogP contribution in [0.3, 0.4) is 0 Å². The van der Waals surface area contributed by atoms with Gasteiger partial charge in [0, 0.05) is 16.8 Å². The summed E-state index contributed by atoms with van der Waals surface area (Å²) < 4.78 is 0. The van der Waals surface area contributed by atoms with E-state index in [4.69, 9.17) is 11.6 Å². The van der Waals surface area contributed by atoms with E-state index in [9.17, 15) is 4.79 Å². The Kier molecular flexibility index (Phi) is 4.33. The summed E-state index contributed by atoms with van der Waals surface area (Å²) in [4.78, 5) is 16.5. The van der Waals surface area contributed by atoms with E-state index in [0.29, 0.717) is 10.7 Å². The summed E-state index contributed by atoms with van der Waals surface area (Å²) in [7, 11) is 0. The summed E-state index contributed by atoms with van der Waals surface area (Å²) in [5.74, 6) is 0.00441. The van der Waals surface area contributed by atoms with Crippen molar-refractivity contribution in [2.45, 2.75) is 26.7 Å². The van der Waals surface area contributed by atoms with E-state index in [1.54, 1.807) is 18.3 Å². The van der Waals surface area contributed by atoms with Gasteiger partial charge in [-0.05, 0) is 48.2 Å². The monoisotopic (exact) mass is 273 g/mol. The Morgan fingerprint density at radius 1 is 1.11 bits per heavy atom. The molecular formula is C16H16ClNO. The number of fused-ring (bicyclic) bond motifs is 2. The standard InChI is InChI=1S/C14H10ClNO.C2H6/c15-11-5-6-12-10(8-11)4-3-9-2-1-7-16-13(9)14(12)17;1-2/h1-2,5-8H,3-4H2;1-2H3. The third kappa shape index (κ3) is 2.69. The van der Waals surface area contributed by atoms with E-state index in [-0.39, 0.29) is 5.78 Å². The highest BCUT2D eigenvalue weighted by molar-refractivity contribution is 6.30. The highest BCUT2D eigenvalue weighted by atomic mass is 35.5. The normalized spacial score (nSPS) is 12.7. The molecule has 2 nitrogen and oxygen atoms in total. The molecular weight excluding hydrogens is 258 g/mol. The van der Waals surface area contributed by atoms with Crippen LogP contribution in [-0.4, -0.2) is 10.8 Å². The zero-order valence-corrected chi connectivity index (χ0v) is 11.9. The second kappa shape index (κ2) is 5.98. The number of aryl methyl sites for hydroxylation is 2. The van der Waals surface area contributed by atoms with Crippen molar-refractivity contribution in [1.29, 1.82) is 0 Å². The minimum atomic E-state index is 0.00441. The molecule has 0 unspecified atom stereocenters. The second-order valence-electron chi connectivity index (χ2n) is 4.14. The largest absolute Gasteiger partial charge is 0.287 e. The number of benzene rings is 1. The van der Waals surface area contributed by atoms with Crippen molar-refractivity contribution in [2.75, 3.05) is 0 Å². The van der Waals surface area contributed by atoms with Crippen molar-refractivity contribution in [1.82, 2.24) is 4.98 Å². The van der Waals surface area contributed by atoms with Crippen molar-refractivity contribution < 1.29 is 4.79 Å². The molecule has 0 atom stereocenters. The quantitative estimate of drug-likeness (QED) is 0.724. The molecule has 0 saturated carbocycles. The van der Waals surface area contributed by atoms with E-state index in [2.05, 4.69) is 4.98 Å². The van der Waals surface area contributed by atoms with Gasteiger partial charge in [0.1, 0.15) is 5.69 Å².